The summed E-state index contributed by atoms with van der Waals surface area (Å²) in [5.74, 6) is 0.817. The van der Waals surface area contributed by atoms with Crippen molar-refractivity contribution in [1.82, 2.24) is 14.9 Å². The largest absolute Gasteiger partial charge is 0.383 e. The molecule has 7 heteroatoms. The minimum atomic E-state index is -0.248. The molecule has 1 aliphatic heterocycles. The van der Waals surface area contributed by atoms with Crippen LogP contribution in [0.2, 0.25) is 0 Å². The van der Waals surface area contributed by atoms with E-state index in [2.05, 4.69) is 20.9 Å². The van der Waals surface area contributed by atoms with Gasteiger partial charge in [0.05, 0.1) is 12.0 Å². The lowest BCUT2D eigenvalue weighted by Gasteiger charge is -2.23. The molecule has 1 saturated heterocycles. The Hall–Kier alpha value is -3.74. The number of hydrogen-bond acceptors (Lipinski definition) is 6. The van der Waals surface area contributed by atoms with E-state index in [1.54, 1.807) is 24.4 Å². The monoisotopic (exact) mass is 429 g/mol. The molecule has 1 amide bonds. The molecule has 0 spiro atoms. The molecule has 1 aliphatic rings. The lowest BCUT2D eigenvalue weighted by Crippen LogP contribution is -2.36. The second-order valence-electron chi connectivity index (χ2n) is 8.03. The van der Waals surface area contributed by atoms with Crippen LogP contribution in [0, 0.1) is 6.92 Å². The van der Waals surface area contributed by atoms with Crippen molar-refractivity contribution in [2.45, 2.75) is 19.8 Å². The summed E-state index contributed by atoms with van der Waals surface area (Å²) < 4.78 is 0. The first kappa shape index (κ1) is 21.5. The van der Waals surface area contributed by atoms with Crippen LogP contribution in [0.1, 0.15) is 33.6 Å². The Morgan fingerprint density at radius 2 is 1.84 bits per heavy atom. The van der Waals surface area contributed by atoms with E-state index in [-0.39, 0.29) is 17.5 Å². The number of carbonyl (C=O) groups excluding carboxylic acids is 2. The van der Waals surface area contributed by atoms with E-state index in [1.165, 1.54) is 0 Å². The average molecular weight is 430 g/mol. The summed E-state index contributed by atoms with van der Waals surface area (Å²) in [7, 11) is 0. The number of anilines is 2. The van der Waals surface area contributed by atoms with Crippen molar-refractivity contribution in [3.63, 3.8) is 0 Å². The molecule has 2 aromatic heterocycles. The number of benzene rings is 1. The highest BCUT2D eigenvalue weighted by Gasteiger charge is 2.21. The van der Waals surface area contributed by atoms with E-state index < -0.39 is 0 Å². The highest BCUT2D eigenvalue weighted by Crippen LogP contribution is 2.18. The molecule has 0 aliphatic carbocycles. The van der Waals surface area contributed by atoms with Gasteiger partial charge in [-0.25, -0.2) is 9.97 Å². The lowest BCUT2D eigenvalue weighted by molar-refractivity contribution is -0.130. The molecule has 0 radical (unpaired) electrons. The quantitative estimate of drug-likeness (QED) is 0.627. The molecule has 3 heterocycles. The Bertz CT molecular complexity index is 1130. The standard InChI is InChI=1S/C25H27N5O2/c1-18-6-2-7-19(16-18)17-23(31)30-13-5-12-29(14-15-30)22-10-3-9-21(28-22)24(32)20-8-4-11-27-25(20)26/h2-4,6-11,16H,5,12-15,17H2,1H3,(H2,26,27). The number of aromatic nitrogens is 2. The Balaban J connectivity index is 1.43. The van der Waals surface area contributed by atoms with Gasteiger partial charge in [-0.1, -0.05) is 35.9 Å². The minimum Gasteiger partial charge on any atom is -0.383 e. The zero-order valence-electron chi connectivity index (χ0n) is 18.2. The molecule has 0 saturated carbocycles. The summed E-state index contributed by atoms with van der Waals surface area (Å²) in [5.41, 5.74) is 8.74. The summed E-state index contributed by atoms with van der Waals surface area (Å²) in [6.45, 7) is 4.81. The Labute approximate surface area is 187 Å². The van der Waals surface area contributed by atoms with Gasteiger partial charge in [0.15, 0.2) is 0 Å². The maximum Gasteiger partial charge on any atom is 0.227 e. The van der Waals surface area contributed by atoms with Crippen molar-refractivity contribution >= 4 is 23.3 Å². The third-order valence-electron chi connectivity index (χ3n) is 5.66. The summed E-state index contributed by atoms with van der Waals surface area (Å²) in [5, 5.41) is 0. The predicted octanol–water partition coefficient (Wildman–Crippen LogP) is 2.88. The van der Waals surface area contributed by atoms with Gasteiger partial charge in [-0.05, 0) is 43.2 Å². The first-order valence-electron chi connectivity index (χ1n) is 10.8. The number of nitrogens with two attached hydrogens (primary N) is 1. The normalized spacial score (nSPS) is 14.2. The molecule has 2 N–H and O–H groups in total. The SMILES string of the molecule is Cc1cccc(CC(=O)N2CCCN(c3cccc(C(=O)c4cccnc4N)n3)CC2)c1. The van der Waals surface area contributed by atoms with Crippen LogP contribution in [0.15, 0.2) is 60.8 Å². The number of amides is 1. The molecule has 3 aromatic rings. The fourth-order valence-corrected chi connectivity index (χ4v) is 3.98. The third-order valence-corrected chi connectivity index (χ3v) is 5.66. The van der Waals surface area contributed by atoms with Gasteiger partial charge in [0, 0.05) is 32.4 Å². The van der Waals surface area contributed by atoms with Gasteiger partial charge < -0.3 is 15.5 Å². The number of pyridine rings is 2. The van der Waals surface area contributed by atoms with Gasteiger partial charge in [-0.15, -0.1) is 0 Å². The van der Waals surface area contributed by atoms with Gasteiger partial charge in [0.1, 0.15) is 17.3 Å². The first-order chi connectivity index (χ1) is 15.5. The van der Waals surface area contributed by atoms with Crippen molar-refractivity contribution < 1.29 is 9.59 Å². The van der Waals surface area contributed by atoms with Crippen LogP contribution in [0.5, 0.6) is 0 Å². The minimum absolute atomic E-state index is 0.140. The van der Waals surface area contributed by atoms with E-state index in [9.17, 15) is 9.59 Å². The lowest BCUT2D eigenvalue weighted by atomic mass is 10.1. The number of rotatable bonds is 5. The fourth-order valence-electron chi connectivity index (χ4n) is 3.98. The Kier molecular flexibility index (Phi) is 6.44. The molecule has 7 nitrogen and oxygen atoms in total. The molecule has 1 fully saturated rings. The summed E-state index contributed by atoms with van der Waals surface area (Å²) in [6, 6.07) is 16.8. The number of ketones is 1. The van der Waals surface area contributed by atoms with E-state index in [0.29, 0.717) is 37.3 Å². The molecule has 1 aromatic carbocycles. The number of aryl methyl sites for hydroxylation is 1. The summed E-state index contributed by atoms with van der Waals surface area (Å²) in [4.78, 5) is 38.3. The molecule has 0 unspecified atom stereocenters. The maximum absolute atomic E-state index is 12.9. The predicted molar refractivity (Wildman–Crippen MR) is 125 cm³/mol. The first-order valence-corrected chi connectivity index (χ1v) is 10.8. The zero-order chi connectivity index (χ0) is 22.5. The van der Waals surface area contributed by atoms with Crippen molar-refractivity contribution in [1.29, 1.82) is 0 Å². The molecular formula is C25H27N5O2. The van der Waals surface area contributed by atoms with Gasteiger partial charge in [0.25, 0.3) is 0 Å². The van der Waals surface area contributed by atoms with Crippen LogP contribution in [-0.2, 0) is 11.2 Å². The number of hydrogen-bond donors (Lipinski definition) is 1. The molecule has 32 heavy (non-hydrogen) atoms. The zero-order valence-corrected chi connectivity index (χ0v) is 18.2. The topological polar surface area (TPSA) is 92.4 Å². The average Bonchev–Trinajstić information content (AvgIpc) is 3.06. The molecular weight excluding hydrogens is 402 g/mol. The number of carbonyl (C=O) groups is 2. The second-order valence-corrected chi connectivity index (χ2v) is 8.03. The van der Waals surface area contributed by atoms with Crippen LogP contribution in [0.3, 0.4) is 0 Å². The number of nitrogens with zero attached hydrogens (tertiary/aromatic N) is 4. The maximum atomic E-state index is 12.9. The summed E-state index contributed by atoms with van der Waals surface area (Å²) >= 11 is 0. The van der Waals surface area contributed by atoms with Crippen LogP contribution < -0.4 is 10.6 Å². The highest BCUT2D eigenvalue weighted by molar-refractivity contribution is 6.10. The third kappa shape index (κ3) is 4.94. The van der Waals surface area contributed by atoms with E-state index in [4.69, 9.17) is 5.73 Å². The molecule has 0 bridgehead atoms. The second kappa shape index (κ2) is 9.60. The van der Waals surface area contributed by atoms with Gasteiger partial charge in [-0.3, -0.25) is 9.59 Å². The summed E-state index contributed by atoms with van der Waals surface area (Å²) in [6.07, 6.45) is 2.81. The van der Waals surface area contributed by atoms with Crippen molar-refractivity contribution in [2.24, 2.45) is 0 Å². The van der Waals surface area contributed by atoms with E-state index in [0.717, 1.165) is 29.9 Å². The van der Waals surface area contributed by atoms with Crippen molar-refractivity contribution in [3.8, 4) is 0 Å². The fraction of sp³-hybridized carbons (Fsp3) is 0.280. The van der Waals surface area contributed by atoms with Crippen LogP contribution in [-0.4, -0.2) is 52.7 Å². The Morgan fingerprint density at radius 3 is 2.66 bits per heavy atom. The molecule has 164 valence electrons. The van der Waals surface area contributed by atoms with Gasteiger partial charge >= 0.3 is 0 Å². The molecule has 4 rings (SSSR count). The van der Waals surface area contributed by atoms with E-state index >= 15 is 0 Å². The highest BCUT2D eigenvalue weighted by atomic mass is 16.2. The van der Waals surface area contributed by atoms with Crippen LogP contribution in [0.25, 0.3) is 0 Å². The van der Waals surface area contributed by atoms with Gasteiger partial charge in [-0.2, -0.15) is 0 Å². The van der Waals surface area contributed by atoms with Gasteiger partial charge in [0.2, 0.25) is 11.7 Å². The van der Waals surface area contributed by atoms with E-state index in [1.807, 2.05) is 42.2 Å². The number of nitrogen functional groups attached to an aromatic ring is 1. The van der Waals surface area contributed by atoms with Crippen molar-refractivity contribution in [2.75, 3.05) is 36.8 Å². The van der Waals surface area contributed by atoms with Crippen LogP contribution in [0.4, 0.5) is 11.6 Å². The van der Waals surface area contributed by atoms with Crippen LogP contribution >= 0.6 is 0 Å². The van der Waals surface area contributed by atoms with Crippen molar-refractivity contribution in [3.05, 3.63) is 83.2 Å². The molecule has 0 atom stereocenters. The smallest absolute Gasteiger partial charge is 0.227 e. The Morgan fingerprint density at radius 1 is 1.00 bits per heavy atom.